The molecule has 0 spiro atoms. The monoisotopic (exact) mass is 326 g/mol. The molecule has 2 aromatic rings. The Kier molecular flexibility index (Phi) is 4.09. The molecule has 0 bridgehead atoms. The topological polar surface area (TPSA) is 53.4 Å². The largest absolute Gasteiger partial charge is 0.493 e. The van der Waals surface area contributed by atoms with Gasteiger partial charge in [0.25, 0.3) is 5.56 Å². The molecule has 0 atom stereocenters. The fourth-order valence-corrected chi connectivity index (χ4v) is 2.34. The van der Waals surface area contributed by atoms with E-state index in [1.165, 1.54) is 4.68 Å². The average molecular weight is 327 g/mol. The molecule has 1 aromatic carbocycles. The summed E-state index contributed by atoms with van der Waals surface area (Å²) in [6.45, 7) is 2.41. The van der Waals surface area contributed by atoms with E-state index < -0.39 is 0 Å². The first kappa shape index (κ1) is 13.9. The van der Waals surface area contributed by atoms with Gasteiger partial charge >= 0.3 is 0 Å². The van der Waals surface area contributed by atoms with Gasteiger partial charge in [-0.25, -0.2) is 4.68 Å². The number of fused-ring (bicyclic) bond motifs is 1. The van der Waals surface area contributed by atoms with Crippen LogP contribution in [0.3, 0.4) is 0 Å². The summed E-state index contributed by atoms with van der Waals surface area (Å²) in [5.74, 6) is 1.14. The highest BCUT2D eigenvalue weighted by atomic mass is 79.9. The van der Waals surface area contributed by atoms with Gasteiger partial charge < -0.3 is 9.47 Å². The van der Waals surface area contributed by atoms with Crippen molar-refractivity contribution in [3.05, 3.63) is 28.2 Å². The van der Waals surface area contributed by atoms with Crippen LogP contribution in [-0.2, 0) is 6.54 Å². The Hall–Kier alpha value is -1.56. The molecule has 0 fully saturated rings. The minimum absolute atomic E-state index is 0.124. The van der Waals surface area contributed by atoms with Crippen LogP contribution in [-0.4, -0.2) is 29.3 Å². The summed E-state index contributed by atoms with van der Waals surface area (Å²) in [6.07, 6.45) is 0. The summed E-state index contributed by atoms with van der Waals surface area (Å²) < 4.78 is 11.9. The van der Waals surface area contributed by atoms with E-state index in [1.807, 2.05) is 6.92 Å². The van der Waals surface area contributed by atoms with Crippen molar-refractivity contribution < 1.29 is 9.47 Å². The van der Waals surface area contributed by atoms with Gasteiger partial charge in [-0.05, 0) is 19.1 Å². The van der Waals surface area contributed by atoms with Gasteiger partial charge in [0.2, 0.25) is 0 Å². The minimum Gasteiger partial charge on any atom is -0.493 e. The average Bonchev–Trinajstić information content (AvgIpc) is 2.43. The van der Waals surface area contributed by atoms with E-state index in [2.05, 4.69) is 21.0 Å². The van der Waals surface area contributed by atoms with Crippen LogP contribution in [0.1, 0.15) is 5.69 Å². The number of methoxy groups -OCH3 is 2. The van der Waals surface area contributed by atoms with Crippen LogP contribution < -0.4 is 15.0 Å². The van der Waals surface area contributed by atoms with Crippen LogP contribution in [0.4, 0.5) is 0 Å². The molecule has 2 rings (SSSR count). The minimum atomic E-state index is -0.124. The van der Waals surface area contributed by atoms with E-state index >= 15 is 0 Å². The summed E-state index contributed by atoms with van der Waals surface area (Å²) in [5.41, 5.74) is 0.664. The maximum atomic E-state index is 12.3. The number of alkyl halides is 1. The van der Waals surface area contributed by atoms with Crippen molar-refractivity contribution in [2.75, 3.05) is 19.5 Å². The Bertz CT molecular complexity index is 667. The molecular formula is C13H15BrN2O3. The molecular weight excluding hydrogens is 312 g/mol. The van der Waals surface area contributed by atoms with Crippen LogP contribution in [0.15, 0.2) is 16.9 Å². The fraction of sp³-hybridized carbons (Fsp3) is 0.385. The predicted octanol–water partition coefficient (Wildman–Crippen LogP) is 2.12. The van der Waals surface area contributed by atoms with E-state index in [0.717, 1.165) is 11.1 Å². The van der Waals surface area contributed by atoms with Crippen molar-refractivity contribution in [2.45, 2.75) is 13.5 Å². The van der Waals surface area contributed by atoms with Gasteiger partial charge in [-0.3, -0.25) is 4.79 Å². The number of hydrogen-bond donors (Lipinski definition) is 0. The molecule has 0 aliphatic heterocycles. The standard InChI is InChI=1S/C13H15BrN2O3/c1-8-9-6-11(18-2)12(19-3)7-10(9)13(17)16(15-8)5-4-14/h6-7H,4-5H2,1-3H3. The van der Waals surface area contributed by atoms with Crippen molar-refractivity contribution in [3.8, 4) is 11.5 Å². The van der Waals surface area contributed by atoms with Gasteiger partial charge in [0, 0.05) is 10.7 Å². The van der Waals surface area contributed by atoms with Crippen molar-refractivity contribution in [1.82, 2.24) is 9.78 Å². The molecule has 19 heavy (non-hydrogen) atoms. The number of aryl methyl sites for hydroxylation is 2. The Morgan fingerprint density at radius 1 is 1.21 bits per heavy atom. The summed E-state index contributed by atoms with van der Waals surface area (Å²) in [6, 6.07) is 3.49. The van der Waals surface area contributed by atoms with Gasteiger partial charge in [-0.15, -0.1) is 0 Å². The molecule has 0 aliphatic carbocycles. The molecule has 102 valence electrons. The molecule has 0 saturated carbocycles. The molecule has 0 amide bonds. The third-order valence-corrected chi connectivity index (χ3v) is 3.30. The first-order valence-electron chi connectivity index (χ1n) is 5.81. The van der Waals surface area contributed by atoms with E-state index in [9.17, 15) is 4.79 Å². The highest BCUT2D eigenvalue weighted by Crippen LogP contribution is 2.31. The van der Waals surface area contributed by atoms with Crippen LogP contribution in [0, 0.1) is 6.92 Å². The number of aromatic nitrogens is 2. The SMILES string of the molecule is COc1cc2c(C)nn(CCBr)c(=O)c2cc1OC. The molecule has 0 saturated heterocycles. The quantitative estimate of drug-likeness (QED) is 0.807. The number of benzene rings is 1. The Morgan fingerprint density at radius 2 is 1.79 bits per heavy atom. The first-order valence-corrected chi connectivity index (χ1v) is 6.94. The van der Waals surface area contributed by atoms with Gasteiger partial charge in [-0.1, -0.05) is 15.9 Å². The van der Waals surface area contributed by atoms with E-state index in [4.69, 9.17) is 9.47 Å². The van der Waals surface area contributed by atoms with E-state index in [0.29, 0.717) is 28.8 Å². The van der Waals surface area contributed by atoms with Crippen LogP contribution in [0.25, 0.3) is 10.8 Å². The van der Waals surface area contributed by atoms with Crippen molar-refractivity contribution in [3.63, 3.8) is 0 Å². The van der Waals surface area contributed by atoms with E-state index in [-0.39, 0.29) is 5.56 Å². The Balaban J connectivity index is 2.80. The lowest BCUT2D eigenvalue weighted by Crippen LogP contribution is -2.24. The lowest BCUT2D eigenvalue weighted by molar-refractivity contribution is 0.355. The van der Waals surface area contributed by atoms with Gasteiger partial charge in [0.05, 0.1) is 31.8 Å². The van der Waals surface area contributed by atoms with Crippen molar-refractivity contribution in [1.29, 1.82) is 0 Å². The molecule has 1 aromatic heterocycles. The third-order valence-electron chi connectivity index (χ3n) is 2.95. The number of nitrogens with zero attached hydrogens (tertiary/aromatic N) is 2. The maximum absolute atomic E-state index is 12.3. The summed E-state index contributed by atoms with van der Waals surface area (Å²) >= 11 is 3.32. The zero-order valence-electron chi connectivity index (χ0n) is 11.1. The molecule has 1 heterocycles. The highest BCUT2D eigenvalue weighted by Gasteiger charge is 2.13. The molecule has 0 radical (unpaired) electrons. The van der Waals surface area contributed by atoms with Gasteiger partial charge in [-0.2, -0.15) is 5.10 Å². The number of ether oxygens (including phenoxy) is 2. The summed E-state index contributed by atoms with van der Waals surface area (Å²) in [4.78, 5) is 12.3. The third kappa shape index (κ3) is 2.45. The van der Waals surface area contributed by atoms with Crippen LogP contribution >= 0.6 is 15.9 Å². The Labute approximate surface area is 119 Å². The lowest BCUT2D eigenvalue weighted by atomic mass is 10.1. The number of halogens is 1. The highest BCUT2D eigenvalue weighted by molar-refractivity contribution is 9.09. The molecule has 0 aliphatic rings. The smallest absolute Gasteiger partial charge is 0.274 e. The predicted molar refractivity (Wildman–Crippen MR) is 77.6 cm³/mol. The second-order valence-electron chi connectivity index (χ2n) is 4.06. The summed E-state index contributed by atoms with van der Waals surface area (Å²) in [5, 5.41) is 6.35. The second-order valence-corrected chi connectivity index (χ2v) is 4.85. The van der Waals surface area contributed by atoms with Gasteiger partial charge in [0.1, 0.15) is 0 Å². The second kappa shape index (κ2) is 5.61. The number of rotatable bonds is 4. The zero-order chi connectivity index (χ0) is 14.0. The zero-order valence-corrected chi connectivity index (χ0v) is 12.7. The van der Waals surface area contributed by atoms with E-state index in [1.54, 1.807) is 26.4 Å². The maximum Gasteiger partial charge on any atom is 0.274 e. The normalized spacial score (nSPS) is 10.7. The lowest BCUT2D eigenvalue weighted by Gasteiger charge is -2.11. The first-order chi connectivity index (χ1) is 9.12. The fourth-order valence-electron chi connectivity index (χ4n) is 2.01. The molecule has 0 N–H and O–H groups in total. The van der Waals surface area contributed by atoms with Crippen molar-refractivity contribution in [2.24, 2.45) is 0 Å². The van der Waals surface area contributed by atoms with Gasteiger partial charge in [0.15, 0.2) is 11.5 Å². The molecule has 0 unspecified atom stereocenters. The van der Waals surface area contributed by atoms with Crippen LogP contribution in [0.5, 0.6) is 11.5 Å². The van der Waals surface area contributed by atoms with Crippen molar-refractivity contribution >= 4 is 26.7 Å². The Morgan fingerprint density at radius 3 is 2.32 bits per heavy atom. The number of hydrogen-bond acceptors (Lipinski definition) is 4. The van der Waals surface area contributed by atoms with Crippen LogP contribution in [0.2, 0.25) is 0 Å². The molecule has 5 nitrogen and oxygen atoms in total. The molecule has 6 heteroatoms. The summed E-state index contributed by atoms with van der Waals surface area (Å²) in [7, 11) is 3.12.